The van der Waals surface area contributed by atoms with Gasteiger partial charge in [-0.1, -0.05) is 0 Å². The summed E-state index contributed by atoms with van der Waals surface area (Å²) in [6.45, 7) is 6.41. The van der Waals surface area contributed by atoms with Crippen LogP contribution in [0, 0.1) is 19.8 Å². The van der Waals surface area contributed by atoms with E-state index in [0.29, 0.717) is 17.3 Å². The van der Waals surface area contributed by atoms with Crippen LogP contribution in [0.25, 0.3) is 10.2 Å². The highest BCUT2D eigenvalue weighted by atomic mass is 32.1. The van der Waals surface area contributed by atoms with Crippen molar-refractivity contribution in [3.05, 3.63) is 22.0 Å². The van der Waals surface area contributed by atoms with Crippen LogP contribution >= 0.6 is 11.3 Å². The zero-order valence-corrected chi connectivity index (χ0v) is 16.2. The smallest absolute Gasteiger partial charge is 0.264 e. The Morgan fingerprint density at radius 2 is 1.88 bits per heavy atom. The van der Waals surface area contributed by atoms with Gasteiger partial charge in [-0.3, -0.25) is 9.59 Å². The Balaban J connectivity index is 1.71. The van der Waals surface area contributed by atoms with Crippen molar-refractivity contribution in [2.75, 3.05) is 6.54 Å². The molecule has 2 atom stereocenters. The van der Waals surface area contributed by atoms with Gasteiger partial charge in [-0.15, -0.1) is 11.3 Å². The molecule has 26 heavy (non-hydrogen) atoms. The minimum absolute atomic E-state index is 0.0173. The van der Waals surface area contributed by atoms with Crippen LogP contribution in [0.3, 0.4) is 0 Å². The summed E-state index contributed by atoms with van der Waals surface area (Å²) >= 11 is 1.45. The molecule has 7 heteroatoms. The van der Waals surface area contributed by atoms with Crippen molar-refractivity contribution in [3.63, 3.8) is 0 Å². The van der Waals surface area contributed by atoms with E-state index in [-0.39, 0.29) is 23.8 Å². The Morgan fingerprint density at radius 3 is 2.54 bits per heavy atom. The lowest BCUT2D eigenvalue weighted by molar-refractivity contribution is -0.123. The number of likely N-dealkylation sites (tertiary alicyclic amines) is 1. The van der Waals surface area contributed by atoms with Gasteiger partial charge in [-0.25, -0.2) is 9.97 Å². The minimum Gasteiger partial charge on any atom is -0.369 e. The Kier molecular flexibility index (Phi) is 4.22. The highest BCUT2D eigenvalue weighted by molar-refractivity contribution is 7.20. The highest BCUT2D eigenvalue weighted by Crippen LogP contribution is 2.40. The van der Waals surface area contributed by atoms with E-state index in [0.717, 1.165) is 53.0 Å². The van der Waals surface area contributed by atoms with Crippen molar-refractivity contribution in [1.82, 2.24) is 14.9 Å². The molecule has 0 unspecified atom stereocenters. The molecule has 6 nitrogen and oxygen atoms in total. The van der Waals surface area contributed by atoms with Crippen molar-refractivity contribution in [3.8, 4) is 0 Å². The standard InChI is InChI=1S/C19H24N4O2S/c1-9-4-5-13(16(20)24)8-23(9)19(25)15-10(2)14-11(3)21-17(12-6-7-12)22-18(14)26-15/h9,12-13H,4-8H2,1-3H3,(H2,20,24)/t9-,13-/m0/s1. The van der Waals surface area contributed by atoms with Gasteiger partial charge >= 0.3 is 0 Å². The van der Waals surface area contributed by atoms with Gasteiger partial charge in [-0.05, 0) is 52.0 Å². The first-order chi connectivity index (χ1) is 12.4. The molecular weight excluding hydrogens is 348 g/mol. The average molecular weight is 372 g/mol. The van der Waals surface area contributed by atoms with Crippen molar-refractivity contribution in [1.29, 1.82) is 0 Å². The second kappa shape index (κ2) is 6.30. The second-order valence-electron chi connectivity index (χ2n) is 7.66. The second-order valence-corrected chi connectivity index (χ2v) is 8.66. The quantitative estimate of drug-likeness (QED) is 0.897. The first-order valence-corrected chi connectivity index (χ1v) is 10.1. The number of hydrogen-bond donors (Lipinski definition) is 1. The van der Waals surface area contributed by atoms with Gasteiger partial charge in [0, 0.05) is 23.9 Å². The molecule has 4 rings (SSSR count). The van der Waals surface area contributed by atoms with E-state index in [4.69, 9.17) is 10.7 Å². The first-order valence-electron chi connectivity index (χ1n) is 9.24. The summed E-state index contributed by atoms with van der Waals surface area (Å²) < 4.78 is 0. The third-order valence-electron chi connectivity index (χ3n) is 5.67. The van der Waals surface area contributed by atoms with Crippen LogP contribution in [0.5, 0.6) is 0 Å². The zero-order chi connectivity index (χ0) is 18.6. The van der Waals surface area contributed by atoms with Crippen LogP contribution in [0.2, 0.25) is 0 Å². The van der Waals surface area contributed by atoms with Crippen molar-refractivity contribution in [2.45, 2.75) is 58.4 Å². The number of thiophene rings is 1. The molecule has 1 aliphatic carbocycles. The maximum atomic E-state index is 13.2. The molecule has 2 N–H and O–H groups in total. The topological polar surface area (TPSA) is 89.2 Å². The van der Waals surface area contributed by atoms with Gasteiger partial charge < -0.3 is 10.6 Å². The number of aromatic nitrogens is 2. The molecule has 2 aromatic heterocycles. The fourth-order valence-corrected chi connectivity index (χ4v) is 5.04. The SMILES string of the molecule is Cc1nc(C2CC2)nc2sc(C(=O)N3C[C@@H](C(N)=O)CC[C@@H]3C)c(C)c12. The monoisotopic (exact) mass is 372 g/mol. The molecule has 0 aromatic carbocycles. The largest absolute Gasteiger partial charge is 0.369 e. The van der Waals surface area contributed by atoms with Crippen LogP contribution < -0.4 is 5.73 Å². The first kappa shape index (κ1) is 17.4. The van der Waals surface area contributed by atoms with Crippen LogP contribution in [0.1, 0.15) is 65.3 Å². The molecule has 138 valence electrons. The number of rotatable bonds is 3. The Morgan fingerprint density at radius 1 is 1.15 bits per heavy atom. The molecule has 1 saturated heterocycles. The molecular formula is C19H24N4O2S. The van der Waals surface area contributed by atoms with E-state index < -0.39 is 0 Å². The summed E-state index contributed by atoms with van der Waals surface area (Å²) in [7, 11) is 0. The number of nitrogens with zero attached hydrogens (tertiary/aromatic N) is 3. The molecule has 1 saturated carbocycles. The van der Waals surface area contributed by atoms with E-state index in [1.54, 1.807) is 4.90 Å². The van der Waals surface area contributed by atoms with E-state index in [2.05, 4.69) is 4.98 Å². The summed E-state index contributed by atoms with van der Waals surface area (Å²) in [5.41, 5.74) is 7.38. The van der Waals surface area contributed by atoms with Gasteiger partial charge in [0.05, 0.1) is 16.5 Å². The predicted octanol–water partition coefficient (Wildman–Crippen LogP) is 2.91. The molecule has 1 aliphatic heterocycles. The fourth-order valence-electron chi connectivity index (χ4n) is 3.84. The van der Waals surface area contributed by atoms with E-state index in [1.807, 2.05) is 20.8 Å². The molecule has 0 radical (unpaired) electrons. The average Bonchev–Trinajstić information content (AvgIpc) is 3.38. The third kappa shape index (κ3) is 2.88. The lowest BCUT2D eigenvalue weighted by Gasteiger charge is -2.36. The van der Waals surface area contributed by atoms with E-state index >= 15 is 0 Å². The zero-order valence-electron chi connectivity index (χ0n) is 15.4. The molecule has 2 aromatic rings. The number of piperidine rings is 1. The molecule has 0 bridgehead atoms. The normalized spacial score (nSPS) is 23.4. The van der Waals surface area contributed by atoms with E-state index in [1.165, 1.54) is 11.3 Å². The van der Waals surface area contributed by atoms with Crippen LogP contribution in [0.15, 0.2) is 0 Å². The molecule has 0 spiro atoms. The van der Waals surface area contributed by atoms with Crippen LogP contribution in [-0.2, 0) is 4.79 Å². The maximum absolute atomic E-state index is 13.2. The predicted molar refractivity (Wildman–Crippen MR) is 101 cm³/mol. The van der Waals surface area contributed by atoms with Crippen molar-refractivity contribution in [2.24, 2.45) is 11.7 Å². The number of carbonyl (C=O) groups is 2. The fraction of sp³-hybridized carbons (Fsp3) is 0.579. The number of amides is 2. The van der Waals surface area contributed by atoms with Crippen LogP contribution in [-0.4, -0.2) is 39.3 Å². The van der Waals surface area contributed by atoms with Crippen molar-refractivity contribution >= 4 is 33.4 Å². The number of hydrogen-bond acceptors (Lipinski definition) is 5. The summed E-state index contributed by atoms with van der Waals surface area (Å²) in [4.78, 5) is 37.7. The molecule has 2 fully saturated rings. The summed E-state index contributed by atoms with van der Waals surface area (Å²) in [6, 6.07) is 0.108. The third-order valence-corrected chi connectivity index (χ3v) is 6.84. The van der Waals surface area contributed by atoms with Crippen molar-refractivity contribution < 1.29 is 9.59 Å². The number of primary amides is 1. The number of carbonyl (C=O) groups excluding carboxylic acids is 2. The highest BCUT2D eigenvalue weighted by Gasteiger charge is 2.34. The lowest BCUT2D eigenvalue weighted by atomic mass is 9.92. The summed E-state index contributed by atoms with van der Waals surface area (Å²) in [6.07, 6.45) is 3.86. The molecule has 3 heterocycles. The summed E-state index contributed by atoms with van der Waals surface area (Å²) in [5, 5.41) is 0.999. The van der Waals surface area contributed by atoms with Gasteiger partial charge in [0.1, 0.15) is 10.7 Å². The van der Waals surface area contributed by atoms with Crippen LogP contribution in [0.4, 0.5) is 0 Å². The van der Waals surface area contributed by atoms with Gasteiger partial charge in [0.15, 0.2) is 0 Å². The number of aryl methyl sites for hydroxylation is 2. The number of fused-ring (bicyclic) bond motifs is 1. The maximum Gasteiger partial charge on any atom is 0.264 e. The number of nitrogens with two attached hydrogens (primary N) is 1. The van der Waals surface area contributed by atoms with Gasteiger partial charge in [0.2, 0.25) is 5.91 Å². The minimum atomic E-state index is -0.321. The lowest BCUT2D eigenvalue weighted by Crippen LogP contribution is -2.48. The molecule has 2 amide bonds. The van der Waals surface area contributed by atoms with Gasteiger partial charge in [0.25, 0.3) is 5.91 Å². The van der Waals surface area contributed by atoms with Gasteiger partial charge in [-0.2, -0.15) is 0 Å². The summed E-state index contributed by atoms with van der Waals surface area (Å²) in [5.74, 6) is 0.802. The Hall–Kier alpha value is -2.02. The molecule has 2 aliphatic rings. The Bertz CT molecular complexity index is 903. The van der Waals surface area contributed by atoms with E-state index in [9.17, 15) is 9.59 Å². The Labute approximate surface area is 156 Å².